The number of H-pyrrole nitrogens is 1. The molecule has 2 heterocycles. The first-order valence-corrected chi connectivity index (χ1v) is 4.33. The molecule has 4 heteroatoms. The van der Waals surface area contributed by atoms with E-state index in [1.807, 2.05) is 18.5 Å². The third-order valence-corrected chi connectivity index (χ3v) is 1.85. The van der Waals surface area contributed by atoms with E-state index in [-0.39, 0.29) is 0 Å². The van der Waals surface area contributed by atoms with Crippen molar-refractivity contribution in [2.24, 2.45) is 0 Å². The maximum absolute atomic E-state index is 12.7. The SMILES string of the molecule is Fc1cccc(NCc2cc[nH]c2)n1. The minimum absolute atomic E-state index is 0.468. The minimum Gasteiger partial charge on any atom is -0.367 e. The van der Waals surface area contributed by atoms with Crippen LogP contribution in [0.25, 0.3) is 0 Å². The summed E-state index contributed by atoms with van der Waals surface area (Å²) in [6.45, 7) is 0.639. The molecule has 2 aromatic heterocycles. The molecule has 14 heavy (non-hydrogen) atoms. The number of nitrogens with zero attached hydrogens (tertiary/aromatic N) is 1. The van der Waals surface area contributed by atoms with Gasteiger partial charge in [0.25, 0.3) is 0 Å². The van der Waals surface area contributed by atoms with Crippen molar-refractivity contribution in [2.75, 3.05) is 5.32 Å². The van der Waals surface area contributed by atoms with Gasteiger partial charge in [-0.05, 0) is 23.8 Å². The molecule has 0 spiro atoms. The molecule has 0 aliphatic rings. The first-order valence-electron chi connectivity index (χ1n) is 4.33. The number of rotatable bonds is 3. The van der Waals surface area contributed by atoms with E-state index in [0.29, 0.717) is 12.4 Å². The molecule has 0 aromatic carbocycles. The van der Waals surface area contributed by atoms with Crippen molar-refractivity contribution in [3.63, 3.8) is 0 Å². The van der Waals surface area contributed by atoms with Crippen molar-refractivity contribution in [1.82, 2.24) is 9.97 Å². The fourth-order valence-electron chi connectivity index (χ4n) is 1.17. The maximum Gasteiger partial charge on any atom is 0.214 e. The second kappa shape index (κ2) is 3.91. The third kappa shape index (κ3) is 2.10. The molecule has 0 aliphatic heterocycles. The summed E-state index contributed by atoms with van der Waals surface area (Å²) in [5.41, 5.74) is 1.11. The smallest absolute Gasteiger partial charge is 0.214 e. The van der Waals surface area contributed by atoms with Crippen LogP contribution in [0.3, 0.4) is 0 Å². The van der Waals surface area contributed by atoms with Gasteiger partial charge in [0.15, 0.2) is 0 Å². The summed E-state index contributed by atoms with van der Waals surface area (Å²) in [6.07, 6.45) is 3.72. The van der Waals surface area contributed by atoms with Gasteiger partial charge in [0.05, 0.1) is 0 Å². The molecular weight excluding hydrogens is 181 g/mol. The normalized spacial score (nSPS) is 10.1. The van der Waals surface area contributed by atoms with Crippen LogP contribution < -0.4 is 5.32 Å². The molecule has 0 amide bonds. The van der Waals surface area contributed by atoms with Crippen molar-refractivity contribution in [1.29, 1.82) is 0 Å². The molecule has 0 saturated carbocycles. The number of aromatic amines is 1. The summed E-state index contributed by atoms with van der Waals surface area (Å²) in [5, 5.41) is 3.02. The summed E-state index contributed by atoms with van der Waals surface area (Å²) in [6, 6.07) is 6.63. The van der Waals surface area contributed by atoms with Gasteiger partial charge in [0, 0.05) is 18.9 Å². The van der Waals surface area contributed by atoms with Crippen LogP contribution in [-0.4, -0.2) is 9.97 Å². The van der Waals surface area contributed by atoms with Crippen LogP contribution in [0.2, 0.25) is 0 Å². The average Bonchev–Trinajstić information content (AvgIpc) is 2.67. The molecule has 0 aliphatic carbocycles. The summed E-state index contributed by atoms with van der Waals surface area (Å²) < 4.78 is 12.7. The molecule has 0 unspecified atom stereocenters. The Labute approximate surface area is 81.0 Å². The predicted molar refractivity (Wildman–Crippen MR) is 52.3 cm³/mol. The van der Waals surface area contributed by atoms with E-state index in [4.69, 9.17) is 0 Å². The lowest BCUT2D eigenvalue weighted by atomic mass is 10.3. The molecule has 0 saturated heterocycles. The lowest BCUT2D eigenvalue weighted by Crippen LogP contribution is -2.00. The van der Waals surface area contributed by atoms with Crippen molar-refractivity contribution in [3.8, 4) is 0 Å². The Morgan fingerprint density at radius 2 is 2.29 bits per heavy atom. The van der Waals surface area contributed by atoms with Gasteiger partial charge in [-0.25, -0.2) is 4.98 Å². The highest BCUT2D eigenvalue weighted by Crippen LogP contribution is 2.05. The molecule has 2 aromatic rings. The van der Waals surface area contributed by atoms with Crippen LogP contribution in [0.5, 0.6) is 0 Å². The first-order chi connectivity index (χ1) is 6.84. The van der Waals surface area contributed by atoms with Crippen LogP contribution in [0.4, 0.5) is 10.2 Å². The van der Waals surface area contributed by atoms with Gasteiger partial charge in [0.2, 0.25) is 5.95 Å². The fourth-order valence-corrected chi connectivity index (χ4v) is 1.17. The zero-order chi connectivity index (χ0) is 9.80. The van der Waals surface area contributed by atoms with E-state index < -0.39 is 5.95 Å². The van der Waals surface area contributed by atoms with E-state index in [0.717, 1.165) is 5.56 Å². The van der Waals surface area contributed by atoms with E-state index in [9.17, 15) is 4.39 Å². The Bertz CT molecular complexity index is 398. The second-order valence-corrected chi connectivity index (χ2v) is 2.92. The van der Waals surface area contributed by atoms with Gasteiger partial charge in [-0.1, -0.05) is 6.07 Å². The van der Waals surface area contributed by atoms with Gasteiger partial charge in [-0.3, -0.25) is 0 Å². The second-order valence-electron chi connectivity index (χ2n) is 2.92. The maximum atomic E-state index is 12.7. The van der Waals surface area contributed by atoms with E-state index >= 15 is 0 Å². The fraction of sp³-hybridized carbons (Fsp3) is 0.100. The van der Waals surface area contributed by atoms with E-state index in [1.165, 1.54) is 6.07 Å². The number of hydrogen-bond donors (Lipinski definition) is 2. The number of halogens is 1. The topological polar surface area (TPSA) is 40.7 Å². The summed E-state index contributed by atoms with van der Waals surface area (Å²) in [5.74, 6) is 0.0790. The summed E-state index contributed by atoms with van der Waals surface area (Å²) >= 11 is 0. The predicted octanol–water partition coefficient (Wildman–Crippen LogP) is 2.16. The zero-order valence-corrected chi connectivity index (χ0v) is 7.50. The highest BCUT2D eigenvalue weighted by Gasteiger charge is 1.96. The molecule has 0 bridgehead atoms. The molecular formula is C10H10FN3. The van der Waals surface area contributed by atoms with Crippen LogP contribution in [-0.2, 0) is 6.54 Å². The Morgan fingerprint density at radius 1 is 1.36 bits per heavy atom. The molecule has 0 atom stereocenters. The Morgan fingerprint density at radius 3 is 3.00 bits per heavy atom. The van der Waals surface area contributed by atoms with Crippen molar-refractivity contribution in [2.45, 2.75) is 6.54 Å². The number of aromatic nitrogens is 2. The molecule has 2 N–H and O–H groups in total. The van der Waals surface area contributed by atoms with Crippen molar-refractivity contribution >= 4 is 5.82 Å². The molecule has 0 fully saturated rings. The lowest BCUT2D eigenvalue weighted by molar-refractivity contribution is 0.585. The van der Waals surface area contributed by atoms with E-state index in [2.05, 4.69) is 15.3 Å². The summed E-state index contributed by atoms with van der Waals surface area (Å²) in [4.78, 5) is 6.63. The van der Waals surface area contributed by atoms with Gasteiger partial charge >= 0.3 is 0 Å². The molecule has 2 rings (SSSR count). The standard InChI is InChI=1S/C10H10FN3/c11-9-2-1-3-10(14-9)13-7-8-4-5-12-6-8/h1-6,12H,7H2,(H,13,14). The van der Waals surface area contributed by atoms with Gasteiger partial charge in [0.1, 0.15) is 5.82 Å². The average molecular weight is 191 g/mol. The highest BCUT2D eigenvalue weighted by atomic mass is 19.1. The van der Waals surface area contributed by atoms with Gasteiger partial charge < -0.3 is 10.3 Å². The number of hydrogen-bond acceptors (Lipinski definition) is 2. The first kappa shape index (κ1) is 8.74. The number of pyridine rings is 1. The van der Waals surface area contributed by atoms with Crippen LogP contribution >= 0.6 is 0 Å². The summed E-state index contributed by atoms with van der Waals surface area (Å²) in [7, 11) is 0. The quantitative estimate of drug-likeness (QED) is 0.730. The van der Waals surface area contributed by atoms with Crippen LogP contribution in [0, 0.1) is 5.95 Å². The van der Waals surface area contributed by atoms with Crippen molar-refractivity contribution < 1.29 is 4.39 Å². The monoisotopic (exact) mass is 191 g/mol. The lowest BCUT2D eigenvalue weighted by Gasteiger charge is -2.02. The number of anilines is 1. The zero-order valence-electron chi connectivity index (χ0n) is 7.50. The van der Waals surface area contributed by atoms with Crippen molar-refractivity contribution in [3.05, 3.63) is 48.2 Å². The largest absolute Gasteiger partial charge is 0.367 e. The number of nitrogens with one attached hydrogen (secondary N) is 2. The molecule has 3 nitrogen and oxygen atoms in total. The van der Waals surface area contributed by atoms with Crippen LogP contribution in [0.15, 0.2) is 36.7 Å². The molecule has 72 valence electrons. The van der Waals surface area contributed by atoms with Crippen LogP contribution in [0.1, 0.15) is 5.56 Å². The Hall–Kier alpha value is -1.84. The Balaban J connectivity index is 1.98. The minimum atomic E-state index is -0.468. The van der Waals surface area contributed by atoms with Gasteiger partial charge in [-0.2, -0.15) is 4.39 Å². The van der Waals surface area contributed by atoms with Gasteiger partial charge in [-0.15, -0.1) is 0 Å². The highest BCUT2D eigenvalue weighted by molar-refractivity contribution is 5.34. The Kier molecular flexibility index (Phi) is 2.44. The molecule has 0 radical (unpaired) electrons. The third-order valence-electron chi connectivity index (χ3n) is 1.85. The van der Waals surface area contributed by atoms with E-state index in [1.54, 1.807) is 12.1 Å².